The molecule has 1 aliphatic rings. The molecule has 1 fully saturated rings. The Kier molecular flexibility index (Phi) is 4.99. The molecular weight excluding hydrogens is 342 g/mol. The number of hydrogen-bond donors (Lipinski definition) is 2. The third-order valence-electron chi connectivity index (χ3n) is 3.61. The number of nitrogens with one attached hydrogen (secondary N) is 1. The topological polar surface area (TPSA) is 66.4 Å². The second kappa shape index (κ2) is 6.54. The lowest BCUT2D eigenvalue weighted by molar-refractivity contribution is -0.148. The van der Waals surface area contributed by atoms with Crippen molar-refractivity contribution in [2.24, 2.45) is 5.41 Å². The molecule has 4 nitrogen and oxygen atoms in total. The summed E-state index contributed by atoms with van der Waals surface area (Å²) < 4.78 is 1.01. The molecule has 1 heterocycles. The van der Waals surface area contributed by atoms with Gasteiger partial charge in [-0.05, 0) is 47.0 Å². The Labute approximate surface area is 130 Å². The van der Waals surface area contributed by atoms with Crippen molar-refractivity contribution < 1.29 is 14.7 Å². The maximum Gasteiger partial charge on any atom is 0.311 e. The number of aliphatic carboxylic acids is 1. The highest BCUT2D eigenvalue weighted by molar-refractivity contribution is 9.11. The van der Waals surface area contributed by atoms with Crippen LogP contribution in [0.5, 0.6) is 0 Å². The SMILES string of the molecule is O=C(/C=C/c1ccc(Br)s1)NCC1(C(=O)O)CCCC1. The zero-order valence-corrected chi connectivity index (χ0v) is 13.3. The molecule has 2 N–H and O–H groups in total. The van der Waals surface area contributed by atoms with Crippen molar-refractivity contribution in [1.29, 1.82) is 0 Å². The summed E-state index contributed by atoms with van der Waals surface area (Å²) in [5, 5.41) is 12.0. The van der Waals surface area contributed by atoms with E-state index in [4.69, 9.17) is 0 Å². The van der Waals surface area contributed by atoms with Crippen LogP contribution in [-0.2, 0) is 9.59 Å². The minimum Gasteiger partial charge on any atom is -0.481 e. The number of carbonyl (C=O) groups excluding carboxylic acids is 1. The Balaban J connectivity index is 1.88. The van der Waals surface area contributed by atoms with E-state index in [0.29, 0.717) is 12.8 Å². The van der Waals surface area contributed by atoms with E-state index >= 15 is 0 Å². The number of carboxylic acids is 1. The van der Waals surface area contributed by atoms with Gasteiger partial charge in [-0.2, -0.15) is 0 Å². The van der Waals surface area contributed by atoms with Crippen molar-refractivity contribution >= 4 is 45.2 Å². The molecule has 0 unspecified atom stereocenters. The van der Waals surface area contributed by atoms with E-state index in [-0.39, 0.29) is 12.5 Å². The zero-order valence-electron chi connectivity index (χ0n) is 10.9. The van der Waals surface area contributed by atoms with Gasteiger partial charge in [-0.1, -0.05) is 12.8 Å². The van der Waals surface area contributed by atoms with E-state index in [1.165, 1.54) is 17.4 Å². The first-order valence-corrected chi connectivity index (χ1v) is 8.07. The van der Waals surface area contributed by atoms with Gasteiger partial charge < -0.3 is 10.4 Å². The summed E-state index contributed by atoms with van der Waals surface area (Å²) in [5.74, 6) is -1.05. The Morgan fingerprint density at radius 3 is 2.65 bits per heavy atom. The van der Waals surface area contributed by atoms with E-state index in [9.17, 15) is 14.7 Å². The molecule has 108 valence electrons. The predicted molar refractivity (Wildman–Crippen MR) is 82.6 cm³/mol. The lowest BCUT2D eigenvalue weighted by Crippen LogP contribution is -2.40. The number of carbonyl (C=O) groups is 2. The average molecular weight is 358 g/mol. The quantitative estimate of drug-likeness (QED) is 0.794. The molecule has 20 heavy (non-hydrogen) atoms. The van der Waals surface area contributed by atoms with Gasteiger partial charge in [0.1, 0.15) is 0 Å². The first kappa shape index (κ1) is 15.3. The normalized spacial score (nSPS) is 17.4. The van der Waals surface area contributed by atoms with Crippen LogP contribution < -0.4 is 5.32 Å². The van der Waals surface area contributed by atoms with E-state index in [1.54, 1.807) is 6.08 Å². The summed E-state index contributed by atoms with van der Waals surface area (Å²) in [5.41, 5.74) is -0.768. The van der Waals surface area contributed by atoms with Gasteiger partial charge in [0, 0.05) is 17.5 Å². The Morgan fingerprint density at radius 1 is 1.40 bits per heavy atom. The summed E-state index contributed by atoms with van der Waals surface area (Å²) in [6.07, 6.45) is 6.30. The number of amides is 1. The fraction of sp³-hybridized carbons (Fsp3) is 0.429. The van der Waals surface area contributed by atoms with Gasteiger partial charge in [-0.25, -0.2) is 0 Å². The van der Waals surface area contributed by atoms with E-state index < -0.39 is 11.4 Å². The van der Waals surface area contributed by atoms with Crippen LogP contribution in [0.4, 0.5) is 0 Å². The summed E-state index contributed by atoms with van der Waals surface area (Å²) in [6, 6.07) is 3.83. The smallest absolute Gasteiger partial charge is 0.311 e. The standard InChI is InChI=1S/C14H16BrNO3S/c15-11-5-3-10(20-11)4-6-12(17)16-9-14(13(18)19)7-1-2-8-14/h3-6H,1-2,7-9H2,(H,16,17)(H,18,19)/b6-4+. The molecule has 0 aromatic carbocycles. The number of thiophene rings is 1. The van der Waals surface area contributed by atoms with Gasteiger partial charge in [0.25, 0.3) is 0 Å². The molecule has 1 aliphatic carbocycles. The molecule has 6 heteroatoms. The van der Waals surface area contributed by atoms with Crippen molar-refractivity contribution in [2.45, 2.75) is 25.7 Å². The van der Waals surface area contributed by atoms with E-state index in [2.05, 4.69) is 21.2 Å². The monoisotopic (exact) mass is 357 g/mol. The van der Waals surface area contributed by atoms with Gasteiger partial charge in [0.2, 0.25) is 5.91 Å². The van der Waals surface area contributed by atoms with Crippen LogP contribution >= 0.6 is 27.3 Å². The van der Waals surface area contributed by atoms with Gasteiger partial charge in [0.15, 0.2) is 0 Å². The van der Waals surface area contributed by atoms with Crippen molar-refractivity contribution in [3.8, 4) is 0 Å². The first-order chi connectivity index (χ1) is 9.52. The second-order valence-electron chi connectivity index (χ2n) is 4.99. The Morgan fingerprint density at radius 2 is 2.10 bits per heavy atom. The van der Waals surface area contributed by atoms with E-state index in [1.807, 2.05) is 12.1 Å². The van der Waals surface area contributed by atoms with Crippen LogP contribution in [-0.4, -0.2) is 23.5 Å². The zero-order chi connectivity index (χ0) is 14.6. The van der Waals surface area contributed by atoms with Crippen LogP contribution in [0.25, 0.3) is 6.08 Å². The second-order valence-corrected chi connectivity index (χ2v) is 7.48. The molecule has 0 bridgehead atoms. The molecule has 0 atom stereocenters. The third-order valence-corrected chi connectivity index (χ3v) is 5.20. The number of carboxylic acid groups (broad SMARTS) is 1. The van der Waals surface area contributed by atoms with Crippen LogP contribution in [0.1, 0.15) is 30.6 Å². The maximum atomic E-state index is 11.7. The largest absolute Gasteiger partial charge is 0.481 e. The lowest BCUT2D eigenvalue weighted by Gasteiger charge is -2.23. The molecule has 1 amide bonds. The molecule has 1 aromatic rings. The average Bonchev–Trinajstić information content (AvgIpc) is 3.03. The highest BCUT2D eigenvalue weighted by atomic mass is 79.9. The fourth-order valence-electron chi connectivity index (χ4n) is 2.41. The number of rotatable bonds is 5. The van der Waals surface area contributed by atoms with Gasteiger partial charge in [-0.15, -0.1) is 11.3 Å². The van der Waals surface area contributed by atoms with Crippen LogP contribution in [0, 0.1) is 5.41 Å². The predicted octanol–water partition coefficient (Wildman–Crippen LogP) is 3.29. The van der Waals surface area contributed by atoms with E-state index in [0.717, 1.165) is 21.5 Å². The van der Waals surface area contributed by atoms with Crippen LogP contribution in [0.2, 0.25) is 0 Å². The molecular formula is C14H16BrNO3S. The van der Waals surface area contributed by atoms with Crippen molar-refractivity contribution in [1.82, 2.24) is 5.32 Å². The van der Waals surface area contributed by atoms with Gasteiger partial charge in [0.05, 0.1) is 9.20 Å². The summed E-state index contributed by atoms with van der Waals surface area (Å²) in [6.45, 7) is 0.208. The summed E-state index contributed by atoms with van der Waals surface area (Å²) >= 11 is 4.89. The van der Waals surface area contributed by atoms with Gasteiger partial charge in [-0.3, -0.25) is 9.59 Å². The molecule has 0 saturated heterocycles. The lowest BCUT2D eigenvalue weighted by atomic mass is 9.86. The van der Waals surface area contributed by atoms with Gasteiger partial charge >= 0.3 is 5.97 Å². The molecule has 0 spiro atoms. The number of halogens is 1. The maximum absolute atomic E-state index is 11.7. The summed E-state index contributed by atoms with van der Waals surface area (Å²) in [4.78, 5) is 24.1. The Hall–Kier alpha value is -1.14. The summed E-state index contributed by atoms with van der Waals surface area (Å²) in [7, 11) is 0. The molecule has 1 saturated carbocycles. The highest BCUT2D eigenvalue weighted by Gasteiger charge is 2.41. The Bertz CT molecular complexity index is 532. The first-order valence-electron chi connectivity index (χ1n) is 6.46. The van der Waals surface area contributed by atoms with Crippen LogP contribution in [0.3, 0.4) is 0 Å². The molecule has 2 rings (SSSR count). The van der Waals surface area contributed by atoms with Crippen molar-refractivity contribution in [3.05, 3.63) is 26.9 Å². The highest BCUT2D eigenvalue weighted by Crippen LogP contribution is 2.37. The minimum absolute atomic E-state index is 0.208. The molecule has 1 aromatic heterocycles. The van der Waals surface area contributed by atoms with Crippen molar-refractivity contribution in [3.63, 3.8) is 0 Å². The van der Waals surface area contributed by atoms with Crippen molar-refractivity contribution in [2.75, 3.05) is 6.54 Å². The third kappa shape index (κ3) is 3.70. The molecule has 0 radical (unpaired) electrons. The fourth-order valence-corrected chi connectivity index (χ4v) is 3.74. The minimum atomic E-state index is -0.804. The van der Waals surface area contributed by atoms with Crippen LogP contribution in [0.15, 0.2) is 22.0 Å². The number of hydrogen-bond acceptors (Lipinski definition) is 3. The molecule has 0 aliphatic heterocycles.